The van der Waals surface area contributed by atoms with Gasteiger partial charge in [-0.3, -0.25) is 19.7 Å². The van der Waals surface area contributed by atoms with Gasteiger partial charge < -0.3 is 29.5 Å². The Morgan fingerprint density at radius 3 is 2.33 bits per heavy atom. The van der Waals surface area contributed by atoms with E-state index in [4.69, 9.17) is 19.3 Å². The van der Waals surface area contributed by atoms with E-state index in [9.17, 15) is 29.3 Å². The Balaban J connectivity index is 1.39. The molecule has 2 aliphatic heterocycles. The second-order valence-corrected chi connectivity index (χ2v) is 10.4. The molecular weight excluding hydrogens is 570 g/mol. The van der Waals surface area contributed by atoms with Crippen LogP contribution in [0.1, 0.15) is 30.4 Å². The number of benzene rings is 2. The summed E-state index contributed by atoms with van der Waals surface area (Å²) < 4.78 is 16.0. The standard InChI is InChI=1S/C28H29N3O10S/c32-13-5-4-8-22(33)39-16-20-17-42-26-23(29-28(36)41-15-19-9-11-21(12-10-19)31(37)38)25(34)30(26)24(20)27(35)40-14-18-6-2-1-3-7-18/h1-3,6-7,9-12,17,23-24,26,32H,4-5,8,13-16H2,(H,29,36)/t23?,24?,26-/m0/s1. The Morgan fingerprint density at radius 2 is 1.64 bits per heavy atom. The third-order valence-corrected chi connectivity index (χ3v) is 7.71. The van der Waals surface area contributed by atoms with E-state index in [1.165, 1.54) is 40.9 Å². The zero-order valence-electron chi connectivity index (χ0n) is 22.4. The Hall–Kier alpha value is -4.43. The number of rotatable bonds is 13. The number of ether oxygens (including phenoxy) is 3. The van der Waals surface area contributed by atoms with Crippen LogP contribution in [0.5, 0.6) is 0 Å². The van der Waals surface area contributed by atoms with E-state index in [0.717, 1.165) is 5.56 Å². The molecule has 2 unspecified atom stereocenters. The van der Waals surface area contributed by atoms with E-state index in [2.05, 4.69) is 5.32 Å². The predicted molar refractivity (Wildman–Crippen MR) is 148 cm³/mol. The van der Waals surface area contributed by atoms with Crippen molar-refractivity contribution in [1.29, 1.82) is 0 Å². The van der Waals surface area contributed by atoms with Crippen molar-refractivity contribution in [3.05, 3.63) is 86.8 Å². The fraction of sp³-hybridized carbons (Fsp3) is 0.357. The summed E-state index contributed by atoms with van der Waals surface area (Å²) in [5, 5.41) is 23.2. The lowest BCUT2D eigenvalue weighted by Gasteiger charge is -2.51. The number of fused-ring (bicyclic) bond motifs is 1. The number of nitro groups is 1. The van der Waals surface area contributed by atoms with Gasteiger partial charge in [0.15, 0.2) is 6.04 Å². The van der Waals surface area contributed by atoms with Gasteiger partial charge in [0.2, 0.25) is 5.91 Å². The van der Waals surface area contributed by atoms with Crippen LogP contribution in [0, 0.1) is 10.1 Å². The van der Waals surface area contributed by atoms with Crippen LogP contribution in [0.25, 0.3) is 0 Å². The third-order valence-electron chi connectivity index (χ3n) is 6.49. The number of nitrogens with zero attached hydrogens (tertiary/aromatic N) is 2. The lowest BCUT2D eigenvalue weighted by molar-refractivity contribution is -0.384. The molecule has 1 saturated heterocycles. The molecular formula is C28H29N3O10S. The normalized spacial score (nSPS) is 19.1. The number of aliphatic hydroxyl groups is 1. The summed E-state index contributed by atoms with van der Waals surface area (Å²) >= 11 is 1.18. The highest BCUT2D eigenvalue weighted by atomic mass is 32.2. The number of β-lactam (4-membered cyclic amide) rings is 1. The number of carbonyl (C=O) groups excluding carboxylic acids is 4. The monoisotopic (exact) mass is 599 g/mol. The lowest BCUT2D eigenvalue weighted by Crippen LogP contribution is -2.74. The highest BCUT2D eigenvalue weighted by Gasteiger charge is 2.56. The first-order valence-corrected chi connectivity index (χ1v) is 14.0. The molecule has 14 heteroatoms. The minimum absolute atomic E-state index is 0.0269. The Morgan fingerprint density at radius 1 is 0.952 bits per heavy atom. The number of carbonyl (C=O) groups is 4. The molecule has 13 nitrogen and oxygen atoms in total. The van der Waals surface area contributed by atoms with Gasteiger partial charge in [0.25, 0.3) is 5.69 Å². The summed E-state index contributed by atoms with van der Waals surface area (Å²) in [6.45, 7) is -0.472. The van der Waals surface area contributed by atoms with Gasteiger partial charge in [-0.2, -0.15) is 0 Å². The molecule has 0 spiro atoms. The van der Waals surface area contributed by atoms with Crippen LogP contribution in [-0.2, 0) is 41.8 Å². The zero-order chi connectivity index (χ0) is 30.1. The summed E-state index contributed by atoms with van der Waals surface area (Å²) in [6, 6.07) is 12.3. The molecule has 2 aromatic carbocycles. The topological polar surface area (TPSA) is 175 Å². The maximum atomic E-state index is 13.2. The second-order valence-electron chi connectivity index (χ2n) is 9.42. The maximum Gasteiger partial charge on any atom is 0.408 e. The smallest absolute Gasteiger partial charge is 0.408 e. The SMILES string of the molecule is O=C(CCCCO)OCC1=CS[C@H]2C(NC(=O)OCc3ccc([N+](=O)[O-])cc3)C(=O)N2C1C(=O)OCc1ccccc1. The first kappa shape index (κ1) is 30.5. The molecule has 2 amide bonds. The summed E-state index contributed by atoms with van der Waals surface area (Å²) in [6.07, 6.45) is 0.133. The summed E-state index contributed by atoms with van der Waals surface area (Å²) in [4.78, 5) is 62.5. The molecule has 2 aliphatic rings. The van der Waals surface area contributed by atoms with Gasteiger partial charge in [0, 0.05) is 30.7 Å². The van der Waals surface area contributed by atoms with E-state index >= 15 is 0 Å². The predicted octanol–water partition coefficient (Wildman–Crippen LogP) is 2.81. The fourth-order valence-corrected chi connectivity index (χ4v) is 5.48. The van der Waals surface area contributed by atoms with E-state index in [0.29, 0.717) is 24.0 Å². The highest BCUT2D eigenvalue weighted by Crippen LogP contribution is 2.40. The minimum atomic E-state index is -1.16. The number of amides is 2. The fourth-order valence-electron chi connectivity index (χ4n) is 4.27. The average molecular weight is 600 g/mol. The number of alkyl carbamates (subject to hydrolysis) is 1. The first-order valence-electron chi connectivity index (χ1n) is 13.1. The molecule has 3 atom stereocenters. The van der Waals surface area contributed by atoms with E-state index in [-0.39, 0.29) is 38.5 Å². The van der Waals surface area contributed by atoms with Crippen molar-refractivity contribution in [1.82, 2.24) is 10.2 Å². The molecule has 0 bridgehead atoms. The van der Waals surface area contributed by atoms with Crippen molar-refractivity contribution in [3.8, 4) is 0 Å². The molecule has 0 saturated carbocycles. The Kier molecular flexibility index (Phi) is 10.5. The molecule has 2 heterocycles. The van der Waals surface area contributed by atoms with Gasteiger partial charge in [-0.05, 0) is 41.5 Å². The molecule has 0 aromatic heterocycles. The number of thioether (sulfide) groups is 1. The van der Waals surface area contributed by atoms with Gasteiger partial charge in [0.05, 0.1) is 4.92 Å². The molecule has 42 heavy (non-hydrogen) atoms. The average Bonchev–Trinajstić information content (AvgIpc) is 3.00. The number of non-ortho nitro benzene ring substituents is 1. The van der Waals surface area contributed by atoms with Gasteiger partial charge >= 0.3 is 18.0 Å². The van der Waals surface area contributed by atoms with Crippen molar-refractivity contribution >= 4 is 41.4 Å². The van der Waals surface area contributed by atoms with E-state index < -0.39 is 46.3 Å². The maximum absolute atomic E-state index is 13.2. The van der Waals surface area contributed by atoms with Crippen LogP contribution in [0.15, 0.2) is 65.6 Å². The summed E-state index contributed by atoms with van der Waals surface area (Å²) in [7, 11) is 0. The Bertz CT molecular complexity index is 1340. The van der Waals surface area contributed by atoms with Crippen LogP contribution < -0.4 is 5.32 Å². The highest BCUT2D eigenvalue weighted by molar-refractivity contribution is 8.02. The van der Waals surface area contributed by atoms with Gasteiger partial charge in [0.1, 0.15) is 31.2 Å². The number of aliphatic hydroxyl groups excluding tert-OH is 1. The molecule has 1 fully saturated rings. The molecule has 0 aliphatic carbocycles. The number of hydrogen-bond donors (Lipinski definition) is 2. The minimum Gasteiger partial charge on any atom is -0.461 e. The molecule has 4 rings (SSSR count). The van der Waals surface area contributed by atoms with Crippen LogP contribution in [0.4, 0.5) is 10.5 Å². The van der Waals surface area contributed by atoms with Gasteiger partial charge in [-0.25, -0.2) is 9.59 Å². The number of nitro benzene ring substituents is 1. The van der Waals surface area contributed by atoms with E-state index in [1.807, 2.05) is 6.07 Å². The van der Waals surface area contributed by atoms with Gasteiger partial charge in [-0.1, -0.05) is 30.3 Å². The molecule has 2 aromatic rings. The van der Waals surface area contributed by atoms with E-state index in [1.54, 1.807) is 29.7 Å². The molecule has 222 valence electrons. The zero-order valence-corrected chi connectivity index (χ0v) is 23.2. The lowest BCUT2D eigenvalue weighted by atomic mass is 9.98. The van der Waals surface area contributed by atoms with Crippen LogP contribution in [0.2, 0.25) is 0 Å². The largest absolute Gasteiger partial charge is 0.461 e. The van der Waals surface area contributed by atoms with Crippen molar-refractivity contribution < 1.29 is 43.4 Å². The van der Waals surface area contributed by atoms with Crippen molar-refractivity contribution in [2.24, 2.45) is 0 Å². The summed E-state index contributed by atoms with van der Waals surface area (Å²) in [5.41, 5.74) is 1.53. The number of hydrogen-bond acceptors (Lipinski definition) is 11. The molecule has 2 N–H and O–H groups in total. The summed E-state index contributed by atoms with van der Waals surface area (Å²) in [5.74, 6) is -1.75. The van der Waals surface area contributed by atoms with Crippen molar-refractivity contribution in [2.45, 2.75) is 49.9 Å². The first-order chi connectivity index (χ1) is 20.3. The third kappa shape index (κ3) is 7.64. The van der Waals surface area contributed by atoms with Crippen LogP contribution >= 0.6 is 11.8 Å². The number of unbranched alkanes of at least 4 members (excludes halogenated alkanes) is 1. The second kappa shape index (κ2) is 14.5. The van der Waals surface area contributed by atoms with Crippen molar-refractivity contribution in [3.63, 3.8) is 0 Å². The number of esters is 2. The quantitative estimate of drug-likeness (QED) is 0.0865. The van der Waals surface area contributed by atoms with Crippen molar-refractivity contribution in [2.75, 3.05) is 13.2 Å². The number of nitrogens with one attached hydrogen (secondary N) is 1. The molecule has 0 radical (unpaired) electrons. The van der Waals surface area contributed by atoms with Gasteiger partial charge in [-0.15, -0.1) is 11.8 Å². The van der Waals surface area contributed by atoms with Crippen LogP contribution in [-0.4, -0.2) is 69.5 Å². The Labute approximate surface area is 244 Å². The van der Waals surface area contributed by atoms with Crippen LogP contribution in [0.3, 0.4) is 0 Å².